The van der Waals surface area contributed by atoms with Gasteiger partial charge in [0.25, 0.3) is 11.8 Å². The van der Waals surface area contributed by atoms with Gasteiger partial charge in [-0.15, -0.1) is 0 Å². The monoisotopic (exact) mass is 423 g/mol. The van der Waals surface area contributed by atoms with Crippen molar-refractivity contribution in [1.29, 1.82) is 0 Å². The van der Waals surface area contributed by atoms with E-state index in [2.05, 4.69) is 15.0 Å². The molecule has 0 spiro atoms. The number of amides is 2. The number of fused-ring (bicyclic) bond motifs is 1. The van der Waals surface area contributed by atoms with Crippen LogP contribution in [-0.4, -0.2) is 47.9 Å². The number of anilines is 1. The van der Waals surface area contributed by atoms with E-state index in [9.17, 15) is 14.4 Å². The second-order valence-electron chi connectivity index (χ2n) is 7.08. The van der Waals surface area contributed by atoms with E-state index in [0.717, 1.165) is 36.1 Å². The molecular formula is C22H21N3O4S. The van der Waals surface area contributed by atoms with Crippen LogP contribution in [0, 0.1) is 0 Å². The minimum atomic E-state index is -0.456. The molecule has 0 saturated carbocycles. The Hall–Kier alpha value is -3.26. The second kappa shape index (κ2) is 8.62. The van der Waals surface area contributed by atoms with E-state index in [0.29, 0.717) is 21.8 Å². The smallest absolute Gasteiger partial charge is 0.337 e. The summed E-state index contributed by atoms with van der Waals surface area (Å²) in [6, 6.07) is 11.6. The highest BCUT2D eigenvalue weighted by Crippen LogP contribution is 2.28. The molecule has 8 heteroatoms. The number of hydrogen-bond donors (Lipinski definition) is 1. The minimum Gasteiger partial charge on any atom is -0.465 e. The van der Waals surface area contributed by atoms with Crippen LogP contribution in [0.4, 0.5) is 5.13 Å². The van der Waals surface area contributed by atoms with Crippen LogP contribution in [0.25, 0.3) is 10.2 Å². The van der Waals surface area contributed by atoms with Gasteiger partial charge in [0, 0.05) is 24.2 Å². The number of nitrogens with zero attached hydrogens (tertiary/aromatic N) is 2. The molecule has 3 aromatic rings. The molecule has 2 amide bonds. The number of thiazole rings is 1. The largest absolute Gasteiger partial charge is 0.465 e. The molecule has 7 nitrogen and oxygen atoms in total. The average Bonchev–Trinajstić information content (AvgIpc) is 3.20. The summed E-state index contributed by atoms with van der Waals surface area (Å²) in [5.41, 5.74) is 2.15. The Morgan fingerprint density at radius 3 is 2.33 bits per heavy atom. The summed E-state index contributed by atoms with van der Waals surface area (Å²) in [7, 11) is 1.31. The van der Waals surface area contributed by atoms with Crippen LogP contribution in [0.3, 0.4) is 0 Å². The number of methoxy groups -OCH3 is 1. The molecule has 0 unspecified atom stereocenters. The molecule has 1 aromatic heterocycles. The van der Waals surface area contributed by atoms with Crippen LogP contribution in [-0.2, 0) is 4.74 Å². The number of piperidine rings is 1. The fourth-order valence-corrected chi connectivity index (χ4v) is 4.34. The summed E-state index contributed by atoms with van der Waals surface area (Å²) in [4.78, 5) is 43.1. The molecule has 1 saturated heterocycles. The number of nitrogens with one attached hydrogen (secondary N) is 1. The summed E-state index contributed by atoms with van der Waals surface area (Å²) in [6.07, 6.45) is 3.27. The molecule has 0 bridgehead atoms. The minimum absolute atomic E-state index is 0.0429. The van der Waals surface area contributed by atoms with E-state index in [1.54, 1.807) is 18.2 Å². The first kappa shape index (κ1) is 20.0. The van der Waals surface area contributed by atoms with Gasteiger partial charge >= 0.3 is 5.97 Å². The van der Waals surface area contributed by atoms with Crippen molar-refractivity contribution in [3.8, 4) is 0 Å². The standard InChI is InChI=1S/C22H21N3O4S/c1-29-21(28)15-7-5-14(6-8-15)19(26)24-22-23-17-10-9-16(13-18(17)30-22)20(27)25-11-3-2-4-12-25/h5-10,13H,2-4,11-12H2,1H3,(H,23,24,26). The average molecular weight is 423 g/mol. The summed E-state index contributed by atoms with van der Waals surface area (Å²) < 4.78 is 5.50. The Morgan fingerprint density at radius 2 is 1.63 bits per heavy atom. The Morgan fingerprint density at radius 1 is 0.967 bits per heavy atom. The van der Waals surface area contributed by atoms with E-state index in [-0.39, 0.29) is 11.8 Å². The Balaban J connectivity index is 1.48. The molecule has 154 valence electrons. The molecule has 4 rings (SSSR count). The maximum atomic E-state index is 12.7. The molecule has 2 aromatic carbocycles. The van der Waals surface area contributed by atoms with Crippen molar-refractivity contribution in [2.24, 2.45) is 0 Å². The van der Waals surface area contributed by atoms with E-state index >= 15 is 0 Å². The second-order valence-corrected chi connectivity index (χ2v) is 8.11. The van der Waals surface area contributed by atoms with Crippen molar-refractivity contribution in [3.05, 3.63) is 59.2 Å². The lowest BCUT2D eigenvalue weighted by Gasteiger charge is -2.26. The zero-order valence-electron chi connectivity index (χ0n) is 16.5. The molecule has 0 radical (unpaired) electrons. The Kier molecular flexibility index (Phi) is 5.76. The number of aromatic nitrogens is 1. The summed E-state index contributed by atoms with van der Waals surface area (Å²) >= 11 is 1.32. The lowest BCUT2D eigenvalue weighted by atomic mass is 10.1. The molecule has 2 heterocycles. The maximum absolute atomic E-state index is 12.7. The third-order valence-corrected chi connectivity index (χ3v) is 6.00. The van der Waals surface area contributed by atoms with Crippen LogP contribution >= 0.6 is 11.3 Å². The van der Waals surface area contributed by atoms with Gasteiger partial charge in [-0.1, -0.05) is 11.3 Å². The van der Waals surface area contributed by atoms with Crippen molar-refractivity contribution in [2.45, 2.75) is 19.3 Å². The predicted molar refractivity (Wildman–Crippen MR) is 115 cm³/mol. The molecule has 0 atom stereocenters. The highest BCUT2D eigenvalue weighted by atomic mass is 32.1. The van der Waals surface area contributed by atoms with Crippen molar-refractivity contribution in [3.63, 3.8) is 0 Å². The highest BCUT2D eigenvalue weighted by Gasteiger charge is 2.19. The molecule has 1 aliphatic rings. The fraction of sp³-hybridized carbons (Fsp3) is 0.273. The predicted octanol–water partition coefficient (Wildman–Crippen LogP) is 3.96. The number of esters is 1. The van der Waals surface area contributed by atoms with Crippen LogP contribution in [0.15, 0.2) is 42.5 Å². The highest BCUT2D eigenvalue weighted by molar-refractivity contribution is 7.22. The summed E-state index contributed by atoms with van der Waals surface area (Å²) in [5.74, 6) is -0.737. The van der Waals surface area contributed by atoms with Crippen molar-refractivity contribution in [2.75, 3.05) is 25.5 Å². The summed E-state index contributed by atoms with van der Waals surface area (Å²) in [5, 5.41) is 3.23. The number of carbonyl (C=O) groups excluding carboxylic acids is 3. The van der Waals surface area contributed by atoms with Gasteiger partial charge in [-0.05, 0) is 61.7 Å². The summed E-state index contributed by atoms with van der Waals surface area (Å²) in [6.45, 7) is 1.60. The lowest BCUT2D eigenvalue weighted by molar-refractivity contribution is 0.0600. The third kappa shape index (κ3) is 4.18. The van der Waals surface area contributed by atoms with E-state index in [1.165, 1.54) is 37.0 Å². The number of likely N-dealkylation sites (tertiary alicyclic amines) is 1. The van der Waals surface area contributed by atoms with Gasteiger partial charge in [0.2, 0.25) is 0 Å². The SMILES string of the molecule is COC(=O)c1ccc(C(=O)Nc2nc3ccc(C(=O)N4CCCCC4)cc3s2)cc1. The van der Waals surface area contributed by atoms with Gasteiger partial charge in [-0.3, -0.25) is 14.9 Å². The third-order valence-electron chi connectivity index (χ3n) is 5.07. The van der Waals surface area contributed by atoms with E-state index in [1.807, 2.05) is 17.0 Å². The lowest BCUT2D eigenvalue weighted by Crippen LogP contribution is -2.35. The zero-order chi connectivity index (χ0) is 21.1. The van der Waals surface area contributed by atoms with Gasteiger partial charge in [0.15, 0.2) is 5.13 Å². The van der Waals surface area contributed by atoms with Crippen molar-refractivity contribution in [1.82, 2.24) is 9.88 Å². The normalized spacial score (nSPS) is 13.8. The topological polar surface area (TPSA) is 88.6 Å². The molecule has 1 N–H and O–H groups in total. The number of benzene rings is 2. The van der Waals surface area contributed by atoms with E-state index in [4.69, 9.17) is 0 Å². The molecule has 1 aliphatic heterocycles. The van der Waals surface area contributed by atoms with Crippen molar-refractivity contribution < 1.29 is 19.1 Å². The molecule has 0 aliphatic carbocycles. The van der Waals surface area contributed by atoms with Crippen LogP contribution < -0.4 is 5.32 Å². The van der Waals surface area contributed by atoms with Gasteiger partial charge in [-0.2, -0.15) is 0 Å². The van der Waals surface area contributed by atoms with Crippen LogP contribution in [0.5, 0.6) is 0 Å². The maximum Gasteiger partial charge on any atom is 0.337 e. The first-order valence-corrected chi connectivity index (χ1v) is 10.6. The first-order chi connectivity index (χ1) is 14.5. The number of hydrogen-bond acceptors (Lipinski definition) is 6. The number of rotatable bonds is 4. The molecule has 1 fully saturated rings. The fourth-order valence-electron chi connectivity index (χ4n) is 3.44. The van der Waals surface area contributed by atoms with E-state index < -0.39 is 5.97 Å². The molecule has 30 heavy (non-hydrogen) atoms. The first-order valence-electron chi connectivity index (χ1n) is 9.75. The van der Waals surface area contributed by atoms with Gasteiger partial charge < -0.3 is 9.64 Å². The number of carbonyl (C=O) groups is 3. The van der Waals surface area contributed by atoms with Crippen molar-refractivity contribution >= 4 is 44.5 Å². The molecular weight excluding hydrogens is 402 g/mol. The van der Waals surface area contributed by atoms with Gasteiger partial charge in [-0.25, -0.2) is 9.78 Å². The van der Waals surface area contributed by atoms with Crippen LogP contribution in [0.2, 0.25) is 0 Å². The number of ether oxygens (including phenoxy) is 1. The van der Waals surface area contributed by atoms with Gasteiger partial charge in [0.1, 0.15) is 0 Å². The van der Waals surface area contributed by atoms with Crippen LogP contribution in [0.1, 0.15) is 50.3 Å². The van der Waals surface area contributed by atoms with Gasteiger partial charge in [0.05, 0.1) is 22.9 Å². The quantitative estimate of drug-likeness (QED) is 0.642. The Labute approximate surface area is 177 Å². The zero-order valence-corrected chi connectivity index (χ0v) is 17.3. The Bertz CT molecular complexity index is 1100.